The quantitative estimate of drug-likeness (QED) is 0.817. The van der Waals surface area contributed by atoms with Crippen LogP contribution in [-0.4, -0.2) is 46.8 Å². The van der Waals surface area contributed by atoms with Crippen LogP contribution in [0, 0.1) is 11.8 Å². The maximum absolute atomic E-state index is 12.7. The fourth-order valence-corrected chi connectivity index (χ4v) is 2.85. The second kappa shape index (κ2) is 5.75. The lowest BCUT2D eigenvalue weighted by Crippen LogP contribution is -2.32. The molecule has 116 valence electrons. The van der Waals surface area contributed by atoms with Crippen LogP contribution in [0.3, 0.4) is 0 Å². The molecular formula is C14H22N4O3. The van der Waals surface area contributed by atoms with E-state index in [4.69, 9.17) is 10.5 Å². The van der Waals surface area contributed by atoms with E-state index in [-0.39, 0.29) is 23.7 Å². The number of likely N-dealkylation sites (tertiary alicyclic amines) is 1. The number of hydrogen-bond donors (Lipinski definition) is 1. The first-order valence-electron chi connectivity index (χ1n) is 7.09. The summed E-state index contributed by atoms with van der Waals surface area (Å²) in [5.74, 6) is -0.661. The number of anilines is 1. The number of hydrogen-bond acceptors (Lipinski definition) is 5. The molecule has 0 aliphatic carbocycles. The number of rotatable bonds is 3. The number of carbonyl (C=O) groups excluding carboxylic acids is 2. The van der Waals surface area contributed by atoms with Crippen molar-refractivity contribution in [2.45, 2.75) is 20.3 Å². The summed E-state index contributed by atoms with van der Waals surface area (Å²) in [4.78, 5) is 26.0. The summed E-state index contributed by atoms with van der Waals surface area (Å²) in [7, 11) is 3.08. The second-order valence-electron chi connectivity index (χ2n) is 5.50. The Morgan fingerprint density at radius 1 is 1.43 bits per heavy atom. The normalized spacial score (nSPS) is 21.6. The van der Waals surface area contributed by atoms with Crippen LogP contribution >= 0.6 is 0 Å². The number of nitrogens with zero attached hydrogens (tertiary/aromatic N) is 3. The SMILES string of the molecule is CCc1nn(C)c(C(=O)N2CC(C)C(C(=O)OC)C2)c1N. The van der Waals surface area contributed by atoms with Gasteiger partial charge >= 0.3 is 5.97 Å². The van der Waals surface area contributed by atoms with Crippen molar-refractivity contribution >= 4 is 17.6 Å². The van der Waals surface area contributed by atoms with Crippen LogP contribution in [-0.2, 0) is 23.0 Å². The van der Waals surface area contributed by atoms with Crippen LogP contribution < -0.4 is 5.73 Å². The zero-order chi connectivity index (χ0) is 15.7. The average molecular weight is 294 g/mol. The van der Waals surface area contributed by atoms with Crippen molar-refractivity contribution in [3.8, 4) is 0 Å². The molecule has 0 aromatic carbocycles. The molecule has 7 nitrogen and oxygen atoms in total. The molecule has 0 spiro atoms. The Kier molecular flexibility index (Phi) is 4.20. The molecule has 1 fully saturated rings. The van der Waals surface area contributed by atoms with Crippen LogP contribution in [0.15, 0.2) is 0 Å². The van der Waals surface area contributed by atoms with Gasteiger partial charge in [0.15, 0.2) is 0 Å². The molecule has 1 aliphatic heterocycles. The number of nitrogen functional groups attached to an aromatic ring is 1. The molecule has 1 saturated heterocycles. The van der Waals surface area contributed by atoms with Gasteiger partial charge in [0.25, 0.3) is 5.91 Å². The van der Waals surface area contributed by atoms with Gasteiger partial charge in [-0.05, 0) is 12.3 Å². The van der Waals surface area contributed by atoms with E-state index in [9.17, 15) is 9.59 Å². The van der Waals surface area contributed by atoms with Crippen molar-refractivity contribution < 1.29 is 14.3 Å². The van der Waals surface area contributed by atoms with Gasteiger partial charge in [0.05, 0.1) is 24.4 Å². The van der Waals surface area contributed by atoms with Gasteiger partial charge in [0.2, 0.25) is 0 Å². The molecule has 1 aliphatic rings. The first-order chi connectivity index (χ1) is 9.90. The number of aryl methyl sites for hydroxylation is 2. The van der Waals surface area contributed by atoms with Crippen LogP contribution in [0.4, 0.5) is 5.69 Å². The lowest BCUT2D eigenvalue weighted by Gasteiger charge is -2.16. The minimum Gasteiger partial charge on any atom is -0.469 e. The number of nitrogens with two attached hydrogens (primary N) is 1. The van der Waals surface area contributed by atoms with Gasteiger partial charge in [0, 0.05) is 20.1 Å². The molecule has 2 unspecified atom stereocenters. The minimum atomic E-state index is -0.279. The molecule has 2 N–H and O–H groups in total. The predicted octanol–water partition coefficient (Wildman–Crippen LogP) is 0.446. The Balaban J connectivity index is 2.22. The largest absolute Gasteiger partial charge is 0.469 e. The zero-order valence-corrected chi connectivity index (χ0v) is 12.9. The molecule has 21 heavy (non-hydrogen) atoms. The highest BCUT2D eigenvalue weighted by atomic mass is 16.5. The molecule has 0 saturated carbocycles. The van der Waals surface area contributed by atoms with E-state index in [1.54, 1.807) is 11.9 Å². The van der Waals surface area contributed by atoms with Crippen molar-refractivity contribution in [2.75, 3.05) is 25.9 Å². The smallest absolute Gasteiger partial charge is 0.310 e. The van der Waals surface area contributed by atoms with E-state index >= 15 is 0 Å². The van der Waals surface area contributed by atoms with Crippen LogP contribution in [0.25, 0.3) is 0 Å². The molecule has 1 amide bonds. The number of aromatic nitrogens is 2. The molecule has 1 aromatic rings. The van der Waals surface area contributed by atoms with Gasteiger partial charge in [-0.3, -0.25) is 14.3 Å². The maximum atomic E-state index is 12.7. The van der Waals surface area contributed by atoms with E-state index in [1.807, 2.05) is 13.8 Å². The Hall–Kier alpha value is -2.05. The summed E-state index contributed by atoms with van der Waals surface area (Å²) in [6, 6.07) is 0. The number of ether oxygens (including phenoxy) is 1. The summed E-state index contributed by atoms with van der Waals surface area (Å²) < 4.78 is 6.31. The molecule has 0 radical (unpaired) electrons. The van der Waals surface area contributed by atoms with E-state index in [0.717, 1.165) is 5.69 Å². The molecule has 7 heteroatoms. The first kappa shape index (κ1) is 15.3. The van der Waals surface area contributed by atoms with Crippen molar-refractivity contribution in [3.63, 3.8) is 0 Å². The Morgan fingerprint density at radius 3 is 2.62 bits per heavy atom. The average Bonchev–Trinajstić information content (AvgIpc) is 2.98. The number of amides is 1. The first-order valence-corrected chi connectivity index (χ1v) is 7.09. The summed E-state index contributed by atoms with van der Waals surface area (Å²) >= 11 is 0. The molecule has 0 bridgehead atoms. The van der Waals surface area contributed by atoms with Crippen molar-refractivity contribution in [1.29, 1.82) is 0 Å². The van der Waals surface area contributed by atoms with Gasteiger partial charge < -0.3 is 15.4 Å². The maximum Gasteiger partial charge on any atom is 0.310 e. The van der Waals surface area contributed by atoms with Gasteiger partial charge in [0.1, 0.15) is 5.69 Å². The molecule has 2 atom stereocenters. The fourth-order valence-electron chi connectivity index (χ4n) is 2.85. The highest BCUT2D eigenvalue weighted by molar-refractivity contribution is 5.98. The number of carbonyl (C=O) groups is 2. The van der Waals surface area contributed by atoms with Crippen molar-refractivity contribution in [1.82, 2.24) is 14.7 Å². The third kappa shape index (κ3) is 2.59. The van der Waals surface area contributed by atoms with Crippen molar-refractivity contribution in [3.05, 3.63) is 11.4 Å². The summed E-state index contributed by atoms with van der Waals surface area (Å²) in [5.41, 5.74) is 7.56. The Labute approximate surface area is 124 Å². The van der Waals surface area contributed by atoms with E-state index in [2.05, 4.69) is 5.10 Å². The lowest BCUT2D eigenvalue weighted by molar-refractivity contribution is -0.146. The van der Waals surface area contributed by atoms with E-state index in [1.165, 1.54) is 11.8 Å². The van der Waals surface area contributed by atoms with Gasteiger partial charge in [-0.1, -0.05) is 13.8 Å². The van der Waals surface area contributed by atoms with Gasteiger partial charge in [-0.15, -0.1) is 0 Å². The van der Waals surface area contributed by atoms with Crippen LogP contribution in [0.2, 0.25) is 0 Å². The monoisotopic (exact) mass is 294 g/mol. The highest BCUT2D eigenvalue weighted by Gasteiger charge is 2.39. The predicted molar refractivity (Wildman–Crippen MR) is 77.6 cm³/mol. The Morgan fingerprint density at radius 2 is 2.10 bits per heavy atom. The number of methoxy groups -OCH3 is 1. The van der Waals surface area contributed by atoms with Crippen molar-refractivity contribution in [2.24, 2.45) is 18.9 Å². The zero-order valence-electron chi connectivity index (χ0n) is 12.9. The topological polar surface area (TPSA) is 90.5 Å². The van der Waals surface area contributed by atoms with E-state index < -0.39 is 0 Å². The summed E-state index contributed by atoms with van der Waals surface area (Å²) in [6.45, 7) is 4.76. The molecule has 2 rings (SSSR count). The van der Waals surface area contributed by atoms with E-state index in [0.29, 0.717) is 30.9 Å². The van der Waals surface area contributed by atoms with Gasteiger partial charge in [-0.25, -0.2) is 0 Å². The minimum absolute atomic E-state index is 0.0708. The Bertz CT molecular complexity index is 567. The lowest BCUT2D eigenvalue weighted by atomic mass is 9.99. The third-order valence-electron chi connectivity index (χ3n) is 4.10. The van der Waals surface area contributed by atoms with Crippen LogP contribution in [0.5, 0.6) is 0 Å². The molecular weight excluding hydrogens is 272 g/mol. The fraction of sp³-hybridized carbons (Fsp3) is 0.643. The number of esters is 1. The van der Waals surface area contributed by atoms with Gasteiger partial charge in [-0.2, -0.15) is 5.10 Å². The molecule has 2 heterocycles. The third-order valence-corrected chi connectivity index (χ3v) is 4.10. The summed E-state index contributed by atoms with van der Waals surface area (Å²) in [6.07, 6.45) is 0.675. The standard InChI is InChI=1S/C14H22N4O3/c1-5-10-11(15)12(17(3)16-10)13(19)18-6-8(2)9(7-18)14(20)21-4/h8-9H,5-7,15H2,1-4H3. The highest BCUT2D eigenvalue weighted by Crippen LogP contribution is 2.27. The second-order valence-corrected chi connectivity index (χ2v) is 5.50. The molecule has 1 aromatic heterocycles. The van der Waals surface area contributed by atoms with Crippen LogP contribution in [0.1, 0.15) is 30.0 Å². The summed E-state index contributed by atoms with van der Waals surface area (Å²) in [5, 5.41) is 4.26.